The van der Waals surface area contributed by atoms with E-state index in [-0.39, 0.29) is 0 Å². The number of rotatable bonds is 4. The van der Waals surface area contributed by atoms with Crippen molar-refractivity contribution in [1.29, 1.82) is 0 Å². The molecule has 17 heavy (non-hydrogen) atoms. The number of aromatic nitrogens is 1. The Bertz CT molecular complexity index is 317. The van der Waals surface area contributed by atoms with Crippen LogP contribution in [-0.2, 0) is 0 Å². The average Bonchev–Trinajstić information content (AvgIpc) is 2.40. The topological polar surface area (TPSA) is 42.1 Å². The minimum absolute atomic E-state index is 0.629. The molecule has 0 bridgehead atoms. The summed E-state index contributed by atoms with van der Waals surface area (Å²) in [6.45, 7) is 5.44. The van der Waals surface area contributed by atoms with Gasteiger partial charge in [-0.2, -0.15) is 0 Å². The van der Waals surface area contributed by atoms with Crippen molar-refractivity contribution in [2.24, 2.45) is 5.73 Å². The molecule has 1 atom stereocenters. The van der Waals surface area contributed by atoms with Crippen LogP contribution in [0.3, 0.4) is 0 Å². The smallest absolute Gasteiger partial charge is 0.0435 e. The summed E-state index contributed by atoms with van der Waals surface area (Å²) < 4.78 is 0. The minimum atomic E-state index is 0.629. The molecular formula is C14H23N3. The van der Waals surface area contributed by atoms with Gasteiger partial charge in [0.05, 0.1) is 0 Å². The van der Waals surface area contributed by atoms with Crippen LogP contribution in [0.2, 0.25) is 0 Å². The average molecular weight is 233 g/mol. The van der Waals surface area contributed by atoms with Crippen LogP contribution in [0.1, 0.15) is 37.8 Å². The van der Waals surface area contributed by atoms with E-state index in [1.807, 2.05) is 12.3 Å². The second-order valence-corrected chi connectivity index (χ2v) is 4.99. The van der Waals surface area contributed by atoms with Gasteiger partial charge in [-0.25, -0.2) is 0 Å². The number of pyridine rings is 1. The van der Waals surface area contributed by atoms with E-state index < -0.39 is 0 Å². The Morgan fingerprint density at radius 2 is 2.18 bits per heavy atom. The van der Waals surface area contributed by atoms with Gasteiger partial charge in [-0.15, -0.1) is 0 Å². The van der Waals surface area contributed by atoms with Crippen molar-refractivity contribution in [2.75, 3.05) is 19.6 Å². The van der Waals surface area contributed by atoms with Gasteiger partial charge in [0.25, 0.3) is 0 Å². The summed E-state index contributed by atoms with van der Waals surface area (Å²) >= 11 is 0. The molecule has 0 aromatic carbocycles. The molecule has 2 N–H and O–H groups in total. The van der Waals surface area contributed by atoms with Gasteiger partial charge in [0.2, 0.25) is 0 Å². The lowest BCUT2D eigenvalue weighted by atomic mass is 9.92. The van der Waals surface area contributed by atoms with Gasteiger partial charge >= 0.3 is 0 Å². The van der Waals surface area contributed by atoms with Gasteiger partial charge in [-0.1, -0.05) is 6.07 Å². The summed E-state index contributed by atoms with van der Waals surface area (Å²) in [5, 5.41) is 0. The Morgan fingerprint density at radius 3 is 2.76 bits per heavy atom. The molecule has 1 aromatic rings. The van der Waals surface area contributed by atoms with E-state index in [1.54, 1.807) is 0 Å². The number of nitrogens with two attached hydrogens (primary N) is 1. The van der Waals surface area contributed by atoms with Crippen molar-refractivity contribution in [3.05, 3.63) is 30.1 Å². The van der Waals surface area contributed by atoms with Crippen LogP contribution in [0, 0.1) is 0 Å². The highest BCUT2D eigenvalue weighted by atomic mass is 15.2. The molecule has 1 unspecified atom stereocenters. The molecule has 0 amide bonds. The highest BCUT2D eigenvalue weighted by Crippen LogP contribution is 2.27. The second-order valence-electron chi connectivity index (χ2n) is 4.99. The molecule has 2 rings (SSSR count). The molecule has 2 heterocycles. The van der Waals surface area contributed by atoms with Crippen LogP contribution in [0.25, 0.3) is 0 Å². The first-order valence-electron chi connectivity index (χ1n) is 6.66. The van der Waals surface area contributed by atoms with Crippen molar-refractivity contribution in [3.63, 3.8) is 0 Å². The number of hydrogen-bond acceptors (Lipinski definition) is 3. The van der Waals surface area contributed by atoms with Crippen LogP contribution in [-0.4, -0.2) is 35.6 Å². The van der Waals surface area contributed by atoms with Gasteiger partial charge in [0.1, 0.15) is 0 Å². The van der Waals surface area contributed by atoms with Gasteiger partial charge in [-0.3, -0.25) is 4.98 Å². The number of nitrogens with zero attached hydrogens (tertiary/aromatic N) is 2. The fourth-order valence-corrected chi connectivity index (χ4v) is 2.68. The largest absolute Gasteiger partial charge is 0.330 e. The second kappa shape index (κ2) is 6.12. The number of piperidine rings is 1. The molecule has 94 valence electrons. The first-order chi connectivity index (χ1) is 8.31. The maximum atomic E-state index is 5.62. The lowest BCUT2D eigenvalue weighted by Crippen LogP contribution is -2.40. The van der Waals surface area contributed by atoms with Gasteiger partial charge in [0, 0.05) is 23.9 Å². The van der Waals surface area contributed by atoms with E-state index >= 15 is 0 Å². The van der Waals surface area contributed by atoms with Crippen LogP contribution >= 0.6 is 0 Å². The van der Waals surface area contributed by atoms with Crippen molar-refractivity contribution in [3.8, 4) is 0 Å². The Kier molecular flexibility index (Phi) is 4.51. The zero-order valence-electron chi connectivity index (χ0n) is 10.7. The van der Waals surface area contributed by atoms with E-state index in [0.717, 1.165) is 13.0 Å². The number of hydrogen-bond donors (Lipinski definition) is 1. The summed E-state index contributed by atoms with van der Waals surface area (Å²) in [5.41, 5.74) is 6.88. The van der Waals surface area contributed by atoms with E-state index in [0.29, 0.717) is 12.0 Å². The first-order valence-corrected chi connectivity index (χ1v) is 6.66. The molecule has 0 aliphatic carbocycles. The predicted molar refractivity (Wildman–Crippen MR) is 70.9 cm³/mol. The van der Waals surface area contributed by atoms with Gasteiger partial charge in [0.15, 0.2) is 0 Å². The molecule has 0 spiro atoms. The maximum absolute atomic E-state index is 5.62. The third-order valence-corrected chi connectivity index (χ3v) is 3.84. The van der Waals surface area contributed by atoms with E-state index in [2.05, 4.69) is 28.9 Å². The van der Waals surface area contributed by atoms with Crippen molar-refractivity contribution in [2.45, 2.75) is 38.1 Å². The van der Waals surface area contributed by atoms with Crippen LogP contribution in [0.5, 0.6) is 0 Å². The SMILES string of the molecule is CC(CCN)N1CCC(c2ccccn2)CC1. The summed E-state index contributed by atoms with van der Waals surface area (Å²) in [5.74, 6) is 0.650. The highest BCUT2D eigenvalue weighted by Gasteiger charge is 2.23. The minimum Gasteiger partial charge on any atom is -0.330 e. The zero-order valence-corrected chi connectivity index (χ0v) is 10.7. The summed E-state index contributed by atoms with van der Waals surface area (Å²) in [6, 6.07) is 6.86. The molecular weight excluding hydrogens is 210 g/mol. The Balaban J connectivity index is 1.86. The fraction of sp³-hybridized carbons (Fsp3) is 0.643. The van der Waals surface area contributed by atoms with Crippen molar-refractivity contribution in [1.82, 2.24) is 9.88 Å². The van der Waals surface area contributed by atoms with Gasteiger partial charge < -0.3 is 10.6 Å². The highest BCUT2D eigenvalue weighted by molar-refractivity contribution is 5.10. The predicted octanol–water partition coefficient (Wildman–Crippen LogP) is 2.00. The molecule has 0 radical (unpaired) electrons. The van der Waals surface area contributed by atoms with Crippen LogP contribution in [0.15, 0.2) is 24.4 Å². The lowest BCUT2D eigenvalue weighted by Gasteiger charge is -2.35. The molecule has 1 aliphatic rings. The van der Waals surface area contributed by atoms with E-state index in [9.17, 15) is 0 Å². The Labute approximate surface area is 104 Å². The Morgan fingerprint density at radius 1 is 1.41 bits per heavy atom. The molecule has 1 saturated heterocycles. The first kappa shape index (κ1) is 12.5. The number of likely N-dealkylation sites (tertiary alicyclic amines) is 1. The normalized spacial score (nSPS) is 20.4. The van der Waals surface area contributed by atoms with Crippen molar-refractivity contribution >= 4 is 0 Å². The summed E-state index contributed by atoms with van der Waals surface area (Å²) in [4.78, 5) is 7.03. The summed E-state index contributed by atoms with van der Waals surface area (Å²) in [6.07, 6.45) is 5.46. The molecule has 0 saturated carbocycles. The van der Waals surface area contributed by atoms with Crippen molar-refractivity contribution < 1.29 is 0 Å². The Hall–Kier alpha value is -0.930. The third kappa shape index (κ3) is 3.27. The third-order valence-electron chi connectivity index (χ3n) is 3.84. The monoisotopic (exact) mass is 233 g/mol. The molecule has 1 aromatic heterocycles. The molecule has 3 heteroatoms. The van der Waals surface area contributed by atoms with Crippen LogP contribution in [0.4, 0.5) is 0 Å². The maximum Gasteiger partial charge on any atom is 0.0435 e. The van der Waals surface area contributed by atoms with Crippen LogP contribution < -0.4 is 5.73 Å². The summed E-state index contributed by atoms with van der Waals surface area (Å²) in [7, 11) is 0. The fourth-order valence-electron chi connectivity index (χ4n) is 2.68. The molecule has 1 aliphatic heterocycles. The zero-order chi connectivity index (χ0) is 12.1. The standard InChI is InChI=1S/C14H23N3/c1-12(5-8-15)17-10-6-13(7-11-17)14-4-2-3-9-16-14/h2-4,9,12-13H,5-8,10-11,15H2,1H3. The van der Waals surface area contributed by atoms with E-state index in [1.165, 1.54) is 31.6 Å². The molecule has 3 nitrogen and oxygen atoms in total. The van der Waals surface area contributed by atoms with E-state index in [4.69, 9.17) is 5.73 Å². The van der Waals surface area contributed by atoms with Gasteiger partial charge in [-0.05, 0) is 58.0 Å². The quantitative estimate of drug-likeness (QED) is 0.865. The lowest BCUT2D eigenvalue weighted by molar-refractivity contribution is 0.155. The molecule has 1 fully saturated rings.